The monoisotopic (exact) mass is 345 g/mol. The molecule has 0 saturated carbocycles. The summed E-state index contributed by atoms with van der Waals surface area (Å²) in [7, 11) is 0. The van der Waals surface area contributed by atoms with E-state index in [0.29, 0.717) is 5.75 Å². The number of hydrogen-bond acceptors (Lipinski definition) is 4. The Morgan fingerprint density at radius 2 is 1.77 bits per heavy atom. The molecule has 1 amide bonds. The number of nitrogens with one attached hydrogen (secondary N) is 1. The maximum atomic E-state index is 12.3. The Labute approximate surface area is 142 Å². The summed E-state index contributed by atoms with van der Waals surface area (Å²) in [6.45, 7) is 0. The van der Waals surface area contributed by atoms with E-state index in [1.54, 1.807) is 34.4 Å². The molecule has 2 aromatic heterocycles. The van der Waals surface area contributed by atoms with Gasteiger partial charge < -0.3 is 5.32 Å². The van der Waals surface area contributed by atoms with Crippen molar-refractivity contribution in [2.45, 2.75) is 10.3 Å². The third kappa shape index (κ3) is 4.00. The van der Waals surface area contributed by atoms with Gasteiger partial charge in [0.1, 0.15) is 0 Å². The summed E-state index contributed by atoms with van der Waals surface area (Å²) in [6.07, 6.45) is 0. The smallest absolute Gasteiger partial charge is 0.231 e. The van der Waals surface area contributed by atoms with Crippen LogP contribution in [0.3, 0.4) is 0 Å². The first kappa shape index (κ1) is 15.3. The fourth-order valence-corrected chi connectivity index (χ4v) is 4.50. The molecule has 22 heavy (non-hydrogen) atoms. The fraction of sp³-hybridized carbons (Fsp3) is 0.118. The van der Waals surface area contributed by atoms with Gasteiger partial charge in [-0.05, 0) is 28.5 Å². The molecule has 0 spiro atoms. The van der Waals surface area contributed by atoms with Gasteiger partial charge in [0.2, 0.25) is 5.91 Å². The van der Waals surface area contributed by atoms with E-state index in [1.807, 2.05) is 47.2 Å². The first-order chi connectivity index (χ1) is 10.8. The first-order valence-corrected chi connectivity index (χ1v) is 9.61. The number of rotatable bonds is 6. The van der Waals surface area contributed by atoms with Crippen LogP contribution >= 0.6 is 34.4 Å². The molecule has 5 heteroatoms. The second kappa shape index (κ2) is 7.63. The molecule has 2 heterocycles. The van der Waals surface area contributed by atoms with Crippen LogP contribution in [0.15, 0.2) is 69.6 Å². The Morgan fingerprint density at radius 3 is 2.45 bits per heavy atom. The summed E-state index contributed by atoms with van der Waals surface area (Å²) in [4.78, 5) is 13.4. The summed E-state index contributed by atoms with van der Waals surface area (Å²) in [5, 5.41) is 7.22. The van der Waals surface area contributed by atoms with Gasteiger partial charge in [-0.2, -0.15) is 0 Å². The molecule has 0 fully saturated rings. The minimum atomic E-state index is -0.0716. The van der Waals surface area contributed by atoms with Crippen LogP contribution in [-0.2, 0) is 4.79 Å². The molecule has 2 nitrogen and oxygen atoms in total. The van der Waals surface area contributed by atoms with Crippen molar-refractivity contribution in [2.24, 2.45) is 0 Å². The number of carbonyl (C=O) groups excluding carboxylic acids is 1. The topological polar surface area (TPSA) is 29.1 Å². The Hall–Kier alpha value is -1.56. The van der Waals surface area contributed by atoms with Crippen LogP contribution < -0.4 is 5.32 Å². The van der Waals surface area contributed by atoms with Crippen molar-refractivity contribution in [1.29, 1.82) is 0 Å². The molecule has 1 N–H and O–H groups in total. The van der Waals surface area contributed by atoms with Crippen LogP contribution in [0.25, 0.3) is 0 Å². The van der Waals surface area contributed by atoms with E-state index in [9.17, 15) is 4.79 Å². The molecule has 3 aromatic rings. The molecular weight excluding hydrogens is 330 g/mol. The van der Waals surface area contributed by atoms with E-state index in [4.69, 9.17) is 0 Å². The molecule has 0 aliphatic heterocycles. The molecule has 112 valence electrons. The molecule has 3 rings (SSSR count). The zero-order chi connectivity index (χ0) is 15.2. The Kier molecular flexibility index (Phi) is 5.32. The lowest BCUT2D eigenvalue weighted by molar-refractivity contribution is -0.119. The number of thioether (sulfide) groups is 1. The van der Waals surface area contributed by atoms with Crippen molar-refractivity contribution in [3.63, 3.8) is 0 Å². The average Bonchev–Trinajstić information content (AvgIpc) is 3.25. The van der Waals surface area contributed by atoms with Gasteiger partial charge in [0.05, 0.1) is 16.0 Å². The van der Waals surface area contributed by atoms with Crippen molar-refractivity contribution < 1.29 is 4.79 Å². The maximum absolute atomic E-state index is 12.3. The summed E-state index contributed by atoms with van der Waals surface area (Å²) >= 11 is 4.91. The van der Waals surface area contributed by atoms with Gasteiger partial charge in [0.25, 0.3) is 0 Å². The highest BCUT2D eigenvalue weighted by atomic mass is 32.2. The van der Waals surface area contributed by atoms with Gasteiger partial charge in [-0.25, -0.2) is 0 Å². The van der Waals surface area contributed by atoms with E-state index in [-0.39, 0.29) is 11.9 Å². The molecule has 1 aromatic carbocycles. The molecule has 0 aliphatic rings. The van der Waals surface area contributed by atoms with Crippen LogP contribution in [0.2, 0.25) is 0 Å². The van der Waals surface area contributed by atoms with Crippen LogP contribution in [0.5, 0.6) is 0 Å². The highest BCUT2D eigenvalue weighted by Gasteiger charge is 2.17. The normalized spacial score (nSPS) is 12.0. The lowest BCUT2D eigenvalue weighted by Gasteiger charge is -2.18. The largest absolute Gasteiger partial charge is 0.344 e. The Bertz CT molecular complexity index is 693. The van der Waals surface area contributed by atoms with Crippen molar-refractivity contribution in [1.82, 2.24) is 5.32 Å². The van der Waals surface area contributed by atoms with E-state index < -0.39 is 0 Å². The molecule has 0 bridgehead atoms. The standard InChI is InChI=1S/C17H15NOS3/c19-15(12-22-16-9-5-11-21-16)18-17(14-8-4-10-20-14)13-6-2-1-3-7-13/h1-11,17H,12H2,(H,18,19). The Balaban J connectivity index is 1.69. The molecule has 1 atom stereocenters. The predicted molar refractivity (Wildman–Crippen MR) is 95.8 cm³/mol. The third-order valence-electron chi connectivity index (χ3n) is 3.11. The molecule has 0 aliphatic carbocycles. The Morgan fingerprint density at radius 1 is 1.00 bits per heavy atom. The summed E-state index contributed by atoms with van der Waals surface area (Å²) in [5.41, 5.74) is 1.11. The quantitative estimate of drug-likeness (QED) is 0.650. The molecule has 0 radical (unpaired) electrons. The van der Waals surface area contributed by atoms with Gasteiger partial charge in [-0.3, -0.25) is 4.79 Å². The minimum absolute atomic E-state index is 0.0562. The van der Waals surface area contributed by atoms with Gasteiger partial charge in [-0.15, -0.1) is 34.4 Å². The van der Waals surface area contributed by atoms with Crippen LogP contribution in [0.1, 0.15) is 16.5 Å². The average molecular weight is 346 g/mol. The maximum Gasteiger partial charge on any atom is 0.231 e. The van der Waals surface area contributed by atoms with Crippen molar-refractivity contribution in [2.75, 3.05) is 5.75 Å². The van der Waals surface area contributed by atoms with Crippen molar-refractivity contribution in [3.8, 4) is 0 Å². The SMILES string of the molecule is O=C(CSc1cccs1)NC(c1ccccc1)c1cccs1. The number of hydrogen-bond donors (Lipinski definition) is 1. The fourth-order valence-electron chi connectivity index (χ4n) is 2.10. The predicted octanol–water partition coefficient (Wildman–Crippen LogP) is 4.81. The van der Waals surface area contributed by atoms with Gasteiger partial charge in [-0.1, -0.05) is 42.5 Å². The lowest BCUT2D eigenvalue weighted by atomic mass is 10.1. The number of carbonyl (C=O) groups is 1. The summed E-state index contributed by atoms with van der Waals surface area (Å²) < 4.78 is 1.17. The van der Waals surface area contributed by atoms with Crippen LogP contribution in [0.4, 0.5) is 0 Å². The van der Waals surface area contributed by atoms with Crippen LogP contribution in [-0.4, -0.2) is 11.7 Å². The molecule has 1 unspecified atom stereocenters. The second-order valence-corrected chi connectivity index (χ2v) is 7.85. The third-order valence-corrected chi connectivity index (χ3v) is 6.17. The summed E-state index contributed by atoms with van der Waals surface area (Å²) in [5.74, 6) is 0.496. The van der Waals surface area contributed by atoms with Crippen molar-refractivity contribution in [3.05, 3.63) is 75.8 Å². The van der Waals surface area contributed by atoms with E-state index >= 15 is 0 Å². The zero-order valence-corrected chi connectivity index (χ0v) is 14.2. The van der Waals surface area contributed by atoms with E-state index in [1.165, 1.54) is 4.21 Å². The number of benzene rings is 1. The number of amides is 1. The second-order valence-electron chi connectivity index (χ2n) is 4.65. The minimum Gasteiger partial charge on any atom is -0.344 e. The van der Waals surface area contributed by atoms with E-state index in [2.05, 4.69) is 23.5 Å². The first-order valence-electron chi connectivity index (χ1n) is 6.87. The van der Waals surface area contributed by atoms with Gasteiger partial charge in [0, 0.05) is 4.88 Å². The summed E-state index contributed by atoms with van der Waals surface area (Å²) in [6, 6.07) is 18.2. The van der Waals surface area contributed by atoms with E-state index in [0.717, 1.165) is 10.4 Å². The zero-order valence-electron chi connectivity index (χ0n) is 11.8. The lowest BCUT2D eigenvalue weighted by Crippen LogP contribution is -2.30. The highest BCUT2D eigenvalue weighted by Crippen LogP contribution is 2.27. The number of thiophene rings is 2. The highest BCUT2D eigenvalue weighted by molar-refractivity contribution is 8.01. The van der Waals surface area contributed by atoms with Crippen molar-refractivity contribution >= 4 is 40.3 Å². The molecular formula is C17H15NOS3. The van der Waals surface area contributed by atoms with Crippen LogP contribution in [0, 0.1) is 0 Å². The molecule has 0 saturated heterocycles. The van der Waals surface area contributed by atoms with Gasteiger partial charge >= 0.3 is 0 Å². The van der Waals surface area contributed by atoms with Gasteiger partial charge in [0.15, 0.2) is 0 Å².